The molecule has 0 aliphatic carbocycles. The van der Waals surface area contributed by atoms with E-state index in [1.165, 1.54) is 6.21 Å². The second-order valence-electron chi connectivity index (χ2n) is 5.65. The molecule has 0 unspecified atom stereocenters. The van der Waals surface area contributed by atoms with Crippen molar-refractivity contribution in [3.63, 3.8) is 0 Å². The Morgan fingerprint density at radius 1 is 1.19 bits per heavy atom. The first-order chi connectivity index (χ1) is 12.6. The molecule has 2 aromatic rings. The highest BCUT2D eigenvalue weighted by atomic mass is 16.5. The molecule has 2 N–H and O–H groups in total. The lowest BCUT2D eigenvalue weighted by atomic mass is 10.2. The van der Waals surface area contributed by atoms with E-state index in [2.05, 4.69) is 22.8 Å². The Labute approximate surface area is 152 Å². The van der Waals surface area contributed by atoms with Crippen LogP contribution in [0.4, 0.5) is 0 Å². The molecule has 0 fully saturated rings. The van der Waals surface area contributed by atoms with E-state index in [-0.39, 0.29) is 12.5 Å². The van der Waals surface area contributed by atoms with E-state index in [1.54, 1.807) is 36.4 Å². The van der Waals surface area contributed by atoms with Gasteiger partial charge in [-0.1, -0.05) is 13.3 Å². The molecule has 7 nitrogen and oxygen atoms in total. The number of hydrogen-bond acceptors (Lipinski definition) is 5. The molecular weight excluding hydrogens is 334 g/mol. The number of hydrazone groups is 1. The number of unbranched alkanes of at least 4 members (excludes halogenated alkanes) is 1. The first-order valence-corrected chi connectivity index (χ1v) is 8.48. The van der Waals surface area contributed by atoms with Crippen LogP contribution in [0.2, 0.25) is 0 Å². The molecule has 138 valence electrons. The van der Waals surface area contributed by atoms with Crippen LogP contribution in [-0.4, -0.2) is 31.2 Å². The Balaban J connectivity index is 1.73. The second-order valence-corrected chi connectivity index (χ2v) is 5.65. The van der Waals surface area contributed by atoms with Crippen molar-refractivity contribution >= 4 is 18.0 Å². The summed E-state index contributed by atoms with van der Waals surface area (Å²) < 4.78 is 10.8. The first kappa shape index (κ1) is 19.2. The van der Waals surface area contributed by atoms with Gasteiger partial charge in [-0.15, -0.1) is 0 Å². The number of carbonyl (C=O) groups is 2. The molecule has 2 amide bonds. The van der Waals surface area contributed by atoms with Crippen molar-refractivity contribution < 1.29 is 18.7 Å². The molecule has 0 aliphatic heterocycles. The Bertz CT molecular complexity index is 750. The lowest BCUT2D eigenvalue weighted by molar-refractivity contribution is -0.120. The van der Waals surface area contributed by atoms with Crippen LogP contribution in [0.5, 0.6) is 5.75 Å². The molecule has 0 spiro atoms. The molecule has 26 heavy (non-hydrogen) atoms. The Morgan fingerprint density at radius 2 is 1.96 bits per heavy atom. The lowest BCUT2D eigenvalue weighted by Crippen LogP contribution is -2.34. The van der Waals surface area contributed by atoms with Crippen LogP contribution in [0, 0.1) is 6.92 Å². The molecule has 7 heteroatoms. The number of benzene rings is 1. The topological polar surface area (TPSA) is 92.9 Å². The Morgan fingerprint density at radius 3 is 2.62 bits per heavy atom. The summed E-state index contributed by atoms with van der Waals surface area (Å²) in [6.07, 6.45) is 3.44. The fourth-order valence-electron chi connectivity index (χ4n) is 2.03. The summed E-state index contributed by atoms with van der Waals surface area (Å²) in [6, 6.07) is 10.3. The van der Waals surface area contributed by atoms with E-state index < -0.39 is 5.91 Å². The molecular formula is C19H23N3O4. The van der Waals surface area contributed by atoms with Gasteiger partial charge in [-0.05, 0) is 49.7 Å². The number of ether oxygens (including phenoxy) is 1. The highest BCUT2D eigenvalue weighted by Crippen LogP contribution is 2.12. The number of amides is 2. The van der Waals surface area contributed by atoms with Crippen LogP contribution >= 0.6 is 0 Å². The number of aryl methyl sites for hydroxylation is 1. The summed E-state index contributed by atoms with van der Waals surface area (Å²) in [6.45, 7) is 4.38. The summed E-state index contributed by atoms with van der Waals surface area (Å²) in [7, 11) is 0. The van der Waals surface area contributed by atoms with Crippen LogP contribution < -0.4 is 15.5 Å². The standard InChI is InChI=1S/C19H23N3O4/c1-3-4-11-25-16-9-6-15(7-10-16)19(24)20-13-18(23)22-21-12-17-8-5-14(2)26-17/h5-10,12H,3-4,11,13H2,1-2H3,(H,20,24)(H,22,23)/b21-12-. The number of carbonyl (C=O) groups excluding carboxylic acids is 2. The van der Waals surface area contributed by atoms with E-state index >= 15 is 0 Å². The average molecular weight is 357 g/mol. The van der Waals surface area contributed by atoms with Gasteiger partial charge in [0.25, 0.3) is 11.8 Å². The zero-order valence-electron chi connectivity index (χ0n) is 15.0. The van der Waals surface area contributed by atoms with Gasteiger partial charge >= 0.3 is 0 Å². The number of hydrogen-bond donors (Lipinski definition) is 2. The second kappa shape index (κ2) is 10.0. The van der Waals surface area contributed by atoms with E-state index in [9.17, 15) is 9.59 Å². The molecule has 0 bridgehead atoms. The van der Waals surface area contributed by atoms with Crippen LogP contribution in [0.25, 0.3) is 0 Å². The van der Waals surface area contributed by atoms with Gasteiger partial charge in [0.15, 0.2) is 0 Å². The number of nitrogens with one attached hydrogen (secondary N) is 2. The summed E-state index contributed by atoms with van der Waals surface area (Å²) in [5.74, 6) is 1.23. The fourth-order valence-corrected chi connectivity index (χ4v) is 2.03. The quantitative estimate of drug-likeness (QED) is 0.410. The van der Waals surface area contributed by atoms with Gasteiger partial charge in [0.05, 0.1) is 19.4 Å². The van der Waals surface area contributed by atoms with Crippen LogP contribution in [-0.2, 0) is 4.79 Å². The molecule has 0 aliphatic rings. The Kier molecular flexibility index (Phi) is 7.42. The van der Waals surface area contributed by atoms with Gasteiger partial charge in [0.2, 0.25) is 0 Å². The zero-order chi connectivity index (χ0) is 18.8. The number of rotatable bonds is 9. The first-order valence-electron chi connectivity index (χ1n) is 8.48. The third-order valence-electron chi connectivity index (χ3n) is 3.43. The Hall–Kier alpha value is -3.09. The minimum Gasteiger partial charge on any atom is -0.494 e. The zero-order valence-corrected chi connectivity index (χ0v) is 15.0. The van der Waals surface area contributed by atoms with Gasteiger partial charge in [0.1, 0.15) is 17.3 Å². The molecule has 0 atom stereocenters. The lowest BCUT2D eigenvalue weighted by Gasteiger charge is -2.07. The third kappa shape index (κ3) is 6.43. The van der Waals surface area contributed by atoms with Gasteiger partial charge in [0, 0.05) is 5.56 Å². The molecule has 2 rings (SSSR count). The molecule has 0 saturated carbocycles. The van der Waals surface area contributed by atoms with Crippen molar-refractivity contribution in [2.45, 2.75) is 26.7 Å². The maximum absolute atomic E-state index is 12.0. The molecule has 0 radical (unpaired) electrons. The van der Waals surface area contributed by atoms with Gasteiger partial charge < -0.3 is 14.5 Å². The number of nitrogens with zero attached hydrogens (tertiary/aromatic N) is 1. The van der Waals surface area contributed by atoms with Crippen molar-refractivity contribution in [1.82, 2.24) is 10.7 Å². The summed E-state index contributed by atoms with van der Waals surface area (Å²) in [5, 5.41) is 6.30. The summed E-state index contributed by atoms with van der Waals surface area (Å²) >= 11 is 0. The predicted molar refractivity (Wildman–Crippen MR) is 98.4 cm³/mol. The minimum atomic E-state index is -0.433. The molecule has 1 aromatic heterocycles. The molecule has 1 heterocycles. The SMILES string of the molecule is CCCCOc1ccc(C(=O)NCC(=O)N/N=C\c2ccc(C)o2)cc1. The van der Waals surface area contributed by atoms with E-state index in [0.717, 1.165) is 24.4 Å². The fraction of sp³-hybridized carbons (Fsp3) is 0.316. The number of furan rings is 1. The van der Waals surface area contributed by atoms with E-state index in [0.29, 0.717) is 17.9 Å². The summed E-state index contributed by atoms with van der Waals surface area (Å²) in [5.41, 5.74) is 2.77. The van der Waals surface area contributed by atoms with Gasteiger partial charge in [-0.25, -0.2) is 5.43 Å². The average Bonchev–Trinajstić information content (AvgIpc) is 3.05. The monoisotopic (exact) mass is 357 g/mol. The highest BCUT2D eigenvalue weighted by molar-refractivity contribution is 5.96. The highest BCUT2D eigenvalue weighted by Gasteiger charge is 2.08. The predicted octanol–water partition coefficient (Wildman–Crippen LogP) is 2.65. The maximum Gasteiger partial charge on any atom is 0.259 e. The largest absolute Gasteiger partial charge is 0.494 e. The third-order valence-corrected chi connectivity index (χ3v) is 3.43. The molecule has 0 saturated heterocycles. The van der Waals surface area contributed by atoms with Crippen molar-refractivity contribution in [1.29, 1.82) is 0 Å². The maximum atomic E-state index is 12.0. The van der Waals surface area contributed by atoms with Crippen LogP contribution in [0.1, 0.15) is 41.6 Å². The smallest absolute Gasteiger partial charge is 0.259 e. The van der Waals surface area contributed by atoms with Crippen molar-refractivity contribution in [2.24, 2.45) is 5.10 Å². The van der Waals surface area contributed by atoms with Crippen molar-refractivity contribution in [3.8, 4) is 5.75 Å². The van der Waals surface area contributed by atoms with Gasteiger partial charge in [-0.2, -0.15) is 5.10 Å². The summed E-state index contributed by atoms with van der Waals surface area (Å²) in [4.78, 5) is 23.7. The van der Waals surface area contributed by atoms with Crippen molar-refractivity contribution in [3.05, 3.63) is 53.5 Å². The minimum absolute atomic E-state index is 0.178. The van der Waals surface area contributed by atoms with E-state index in [1.807, 2.05) is 6.92 Å². The van der Waals surface area contributed by atoms with E-state index in [4.69, 9.17) is 9.15 Å². The van der Waals surface area contributed by atoms with Crippen LogP contribution in [0.15, 0.2) is 45.9 Å². The van der Waals surface area contributed by atoms with Crippen LogP contribution in [0.3, 0.4) is 0 Å². The normalized spacial score (nSPS) is 10.7. The van der Waals surface area contributed by atoms with Gasteiger partial charge in [-0.3, -0.25) is 9.59 Å². The molecule has 1 aromatic carbocycles. The van der Waals surface area contributed by atoms with Crippen molar-refractivity contribution in [2.75, 3.05) is 13.2 Å².